The molecule has 0 spiro atoms. The second kappa shape index (κ2) is 6.01. The van der Waals surface area contributed by atoms with Gasteiger partial charge in [0.1, 0.15) is 23.0 Å². The summed E-state index contributed by atoms with van der Waals surface area (Å²) in [6.45, 7) is 2.32. The first-order valence-electron chi connectivity index (χ1n) is 6.07. The molecular formula is C14H14FN3O2. The van der Waals surface area contributed by atoms with Crippen LogP contribution in [0.15, 0.2) is 36.5 Å². The highest BCUT2D eigenvalue weighted by molar-refractivity contribution is 5.92. The third-order valence-electron chi connectivity index (χ3n) is 2.51. The zero-order valence-electron chi connectivity index (χ0n) is 10.9. The zero-order chi connectivity index (χ0) is 14.5. The number of halogens is 1. The second-order valence-electron chi connectivity index (χ2n) is 4.02. The van der Waals surface area contributed by atoms with Crippen LogP contribution in [-0.2, 0) is 0 Å². The van der Waals surface area contributed by atoms with Crippen LogP contribution in [0.25, 0.3) is 0 Å². The summed E-state index contributed by atoms with van der Waals surface area (Å²) < 4.78 is 18.8. The summed E-state index contributed by atoms with van der Waals surface area (Å²) in [6.07, 6.45) is 1.45. The summed E-state index contributed by atoms with van der Waals surface area (Å²) in [6, 6.07) is 7.21. The van der Waals surface area contributed by atoms with Crippen LogP contribution in [0.5, 0.6) is 11.5 Å². The van der Waals surface area contributed by atoms with Crippen molar-refractivity contribution < 1.29 is 13.9 Å². The molecule has 0 bridgehead atoms. The van der Waals surface area contributed by atoms with Crippen LogP contribution in [0.2, 0.25) is 0 Å². The highest BCUT2D eigenvalue weighted by Gasteiger charge is 2.08. The molecule has 0 aliphatic heterocycles. The summed E-state index contributed by atoms with van der Waals surface area (Å²) in [4.78, 5) is 15.6. The number of hydrogen-bond donors (Lipinski definition) is 2. The van der Waals surface area contributed by atoms with Gasteiger partial charge in [-0.25, -0.2) is 4.39 Å². The number of benzene rings is 1. The Bertz CT molecular complexity index is 632. The maximum Gasteiger partial charge on any atom is 0.270 e. The number of carbonyl (C=O) groups excluding carboxylic acids is 1. The number of nitrogens with one attached hydrogen (secondary N) is 1. The van der Waals surface area contributed by atoms with Gasteiger partial charge in [-0.2, -0.15) is 0 Å². The fourth-order valence-corrected chi connectivity index (χ4v) is 1.56. The maximum absolute atomic E-state index is 13.3. The van der Waals surface area contributed by atoms with Crippen LogP contribution in [0.3, 0.4) is 0 Å². The molecule has 0 unspecified atom stereocenters. The molecule has 0 aliphatic carbocycles. The van der Waals surface area contributed by atoms with Crippen LogP contribution >= 0.6 is 0 Å². The van der Waals surface area contributed by atoms with Crippen LogP contribution in [-0.4, -0.2) is 17.4 Å². The Labute approximate surface area is 115 Å². The summed E-state index contributed by atoms with van der Waals surface area (Å²) in [5.41, 5.74) is 5.67. The van der Waals surface area contributed by atoms with Crippen molar-refractivity contribution in [2.45, 2.75) is 6.92 Å². The largest absolute Gasteiger partial charge is 0.457 e. The zero-order valence-corrected chi connectivity index (χ0v) is 10.9. The highest BCUT2D eigenvalue weighted by atomic mass is 19.1. The molecule has 0 saturated carbocycles. The first-order chi connectivity index (χ1) is 9.60. The number of hydrogen-bond acceptors (Lipinski definition) is 4. The molecule has 20 heavy (non-hydrogen) atoms. The Kier molecular flexibility index (Phi) is 4.14. The summed E-state index contributed by atoms with van der Waals surface area (Å²) in [5, 5.41) is 2.64. The van der Waals surface area contributed by atoms with E-state index in [1.165, 1.54) is 24.4 Å². The van der Waals surface area contributed by atoms with E-state index in [9.17, 15) is 9.18 Å². The third kappa shape index (κ3) is 3.23. The van der Waals surface area contributed by atoms with E-state index in [0.717, 1.165) is 0 Å². The molecule has 6 heteroatoms. The molecule has 3 N–H and O–H groups in total. The van der Waals surface area contributed by atoms with E-state index in [0.29, 0.717) is 18.0 Å². The second-order valence-corrected chi connectivity index (χ2v) is 4.02. The molecule has 1 amide bonds. The van der Waals surface area contributed by atoms with Gasteiger partial charge in [0.15, 0.2) is 0 Å². The van der Waals surface area contributed by atoms with Crippen LogP contribution < -0.4 is 15.8 Å². The molecular weight excluding hydrogens is 261 g/mol. The number of aromatic nitrogens is 1. The van der Waals surface area contributed by atoms with Gasteiger partial charge in [0.25, 0.3) is 5.91 Å². The maximum atomic E-state index is 13.3. The van der Waals surface area contributed by atoms with Crippen molar-refractivity contribution >= 4 is 11.6 Å². The first-order valence-corrected chi connectivity index (χ1v) is 6.07. The van der Waals surface area contributed by atoms with Crippen molar-refractivity contribution in [3.05, 3.63) is 48.0 Å². The summed E-state index contributed by atoms with van der Waals surface area (Å²) in [5.74, 6) is -0.155. The highest BCUT2D eigenvalue weighted by Crippen LogP contribution is 2.24. The number of nitrogens with two attached hydrogens (primary N) is 1. The number of anilines is 1. The van der Waals surface area contributed by atoms with Crippen molar-refractivity contribution in [3.8, 4) is 11.5 Å². The van der Waals surface area contributed by atoms with Gasteiger partial charge in [0, 0.05) is 24.9 Å². The topological polar surface area (TPSA) is 77.2 Å². The minimum atomic E-state index is -0.555. The number of carbonyl (C=O) groups is 1. The molecule has 5 nitrogen and oxygen atoms in total. The fraction of sp³-hybridized carbons (Fsp3) is 0.143. The van der Waals surface area contributed by atoms with Crippen LogP contribution in [0.4, 0.5) is 10.1 Å². The van der Waals surface area contributed by atoms with E-state index in [2.05, 4.69) is 10.3 Å². The lowest BCUT2D eigenvalue weighted by Gasteiger charge is -2.08. The van der Waals surface area contributed by atoms with Gasteiger partial charge in [0.2, 0.25) is 0 Å². The van der Waals surface area contributed by atoms with E-state index in [1.807, 2.05) is 6.92 Å². The van der Waals surface area contributed by atoms with Crippen molar-refractivity contribution in [3.63, 3.8) is 0 Å². The lowest BCUT2D eigenvalue weighted by Crippen LogP contribution is -2.23. The predicted octanol–water partition coefficient (Wildman–Crippen LogP) is 2.34. The Hall–Kier alpha value is -2.63. The van der Waals surface area contributed by atoms with Crippen molar-refractivity contribution in [2.75, 3.05) is 12.3 Å². The molecule has 1 aromatic carbocycles. The Morgan fingerprint density at radius 2 is 2.10 bits per heavy atom. The van der Waals surface area contributed by atoms with E-state index in [1.54, 1.807) is 12.1 Å². The van der Waals surface area contributed by atoms with Gasteiger partial charge in [-0.1, -0.05) is 0 Å². The molecule has 104 valence electrons. The molecule has 2 rings (SSSR count). The summed E-state index contributed by atoms with van der Waals surface area (Å²) in [7, 11) is 0. The van der Waals surface area contributed by atoms with Crippen molar-refractivity contribution in [1.82, 2.24) is 10.3 Å². The Balaban J connectivity index is 2.19. The number of pyridine rings is 1. The number of amides is 1. The number of rotatable bonds is 4. The molecule has 0 saturated heterocycles. The van der Waals surface area contributed by atoms with Gasteiger partial charge in [-0.15, -0.1) is 0 Å². The minimum absolute atomic E-state index is 0.0510. The summed E-state index contributed by atoms with van der Waals surface area (Å²) >= 11 is 0. The Morgan fingerprint density at radius 1 is 1.35 bits per heavy atom. The van der Waals surface area contributed by atoms with Crippen molar-refractivity contribution in [2.24, 2.45) is 0 Å². The molecule has 0 fully saturated rings. The predicted molar refractivity (Wildman–Crippen MR) is 73.1 cm³/mol. The van der Waals surface area contributed by atoms with E-state index in [4.69, 9.17) is 10.5 Å². The fourth-order valence-electron chi connectivity index (χ4n) is 1.56. The Morgan fingerprint density at radius 3 is 2.80 bits per heavy atom. The monoisotopic (exact) mass is 275 g/mol. The number of ether oxygens (including phenoxy) is 1. The molecule has 1 heterocycles. The molecule has 0 atom stereocenters. The number of nitrogens with zero attached hydrogens (tertiary/aromatic N) is 1. The van der Waals surface area contributed by atoms with E-state index < -0.39 is 5.82 Å². The van der Waals surface area contributed by atoms with Gasteiger partial charge in [-0.3, -0.25) is 9.78 Å². The third-order valence-corrected chi connectivity index (χ3v) is 2.51. The SMILES string of the molecule is CCNC(=O)c1cc(Oc2ccc(N)c(F)c2)ccn1. The van der Waals surface area contributed by atoms with Gasteiger partial charge in [0.05, 0.1) is 5.69 Å². The molecule has 0 radical (unpaired) electrons. The lowest BCUT2D eigenvalue weighted by atomic mass is 10.3. The van der Waals surface area contributed by atoms with E-state index >= 15 is 0 Å². The van der Waals surface area contributed by atoms with Gasteiger partial charge >= 0.3 is 0 Å². The van der Waals surface area contributed by atoms with Crippen LogP contribution in [0.1, 0.15) is 17.4 Å². The van der Waals surface area contributed by atoms with Crippen LogP contribution in [0, 0.1) is 5.82 Å². The molecule has 0 aliphatic rings. The normalized spacial score (nSPS) is 10.1. The van der Waals surface area contributed by atoms with Crippen molar-refractivity contribution in [1.29, 1.82) is 0 Å². The number of nitrogen functional groups attached to an aromatic ring is 1. The van der Waals surface area contributed by atoms with E-state index in [-0.39, 0.29) is 17.3 Å². The standard InChI is InChI=1S/C14H14FN3O2/c1-2-17-14(19)13-8-10(5-6-18-13)20-9-3-4-12(16)11(15)7-9/h3-8H,2,16H2,1H3,(H,17,19). The lowest BCUT2D eigenvalue weighted by molar-refractivity contribution is 0.0950. The average molecular weight is 275 g/mol. The average Bonchev–Trinajstić information content (AvgIpc) is 2.43. The first kappa shape index (κ1) is 13.8. The molecule has 1 aromatic heterocycles. The smallest absolute Gasteiger partial charge is 0.270 e. The molecule has 2 aromatic rings. The minimum Gasteiger partial charge on any atom is -0.457 e. The van der Waals surface area contributed by atoms with Gasteiger partial charge in [-0.05, 0) is 25.1 Å². The quantitative estimate of drug-likeness (QED) is 0.840. The van der Waals surface area contributed by atoms with Gasteiger partial charge < -0.3 is 15.8 Å².